The lowest BCUT2D eigenvalue weighted by Gasteiger charge is -2.02. The summed E-state index contributed by atoms with van der Waals surface area (Å²) >= 11 is 0. The maximum Gasteiger partial charge on any atom is 0.311 e. The van der Waals surface area contributed by atoms with Crippen LogP contribution in [0.2, 0.25) is 0 Å². The van der Waals surface area contributed by atoms with Gasteiger partial charge in [-0.2, -0.15) is 0 Å². The topological polar surface area (TPSA) is 52.4 Å². The molecule has 0 fully saturated rings. The van der Waals surface area contributed by atoms with Crippen LogP contribution >= 0.6 is 0 Å². The summed E-state index contributed by atoms with van der Waals surface area (Å²) < 4.78 is 5.36. The molecule has 2 rings (SSSR count). The molecular formula is C9H9NO3. The molecule has 0 amide bonds. The van der Waals surface area contributed by atoms with Gasteiger partial charge in [0, 0.05) is 18.1 Å². The first-order valence-corrected chi connectivity index (χ1v) is 4.11. The monoisotopic (exact) mass is 179 g/mol. The van der Waals surface area contributed by atoms with E-state index in [4.69, 9.17) is 4.74 Å². The van der Waals surface area contributed by atoms with E-state index in [1.807, 2.05) is 13.0 Å². The second-order valence-electron chi connectivity index (χ2n) is 3.16. The average Bonchev–Trinajstić information content (AvgIpc) is 2.43. The Hall–Kier alpha value is -1.58. The van der Waals surface area contributed by atoms with E-state index in [2.05, 4.69) is 0 Å². The Morgan fingerprint density at radius 2 is 2.38 bits per heavy atom. The highest BCUT2D eigenvalue weighted by molar-refractivity contribution is 5.53. The van der Waals surface area contributed by atoms with Gasteiger partial charge in [-0.1, -0.05) is 12.1 Å². The van der Waals surface area contributed by atoms with Crippen molar-refractivity contribution in [1.82, 2.24) is 0 Å². The van der Waals surface area contributed by atoms with Crippen LogP contribution in [-0.2, 0) is 6.42 Å². The largest absolute Gasteiger partial charge is 0.483 e. The lowest BCUT2D eigenvalue weighted by molar-refractivity contribution is -0.385. The van der Waals surface area contributed by atoms with Gasteiger partial charge < -0.3 is 4.74 Å². The van der Waals surface area contributed by atoms with E-state index >= 15 is 0 Å². The molecule has 0 N–H and O–H groups in total. The summed E-state index contributed by atoms with van der Waals surface area (Å²) in [5.74, 6) is 0.444. The smallest absolute Gasteiger partial charge is 0.311 e. The second-order valence-corrected chi connectivity index (χ2v) is 3.16. The highest BCUT2D eigenvalue weighted by Gasteiger charge is 2.27. The molecule has 13 heavy (non-hydrogen) atoms. The molecular weight excluding hydrogens is 170 g/mol. The second kappa shape index (κ2) is 2.73. The van der Waals surface area contributed by atoms with Gasteiger partial charge in [0.1, 0.15) is 6.10 Å². The minimum atomic E-state index is -0.406. The Balaban J connectivity index is 2.51. The number of nitrogens with zero attached hydrogens (tertiary/aromatic N) is 1. The van der Waals surface area contributed by atoms with Crippen LogP contribution in [0.25, 0.3) is 0 Å². The molecule has 4 nitrogen and oxygen atoms in total. The summed E-state index contributed by atoms with van der Waals surface area (Å²) in [5, 5.41) is 10.6. The molecule has 4 heteroatoms. The standard InChI is InChI=1S/C9H9NO3/c1-6-5-7-3-2-4-8(10(11)12)9(7)13-6/h2-4,6H,5H2,1H3/t6-/m1/s1. The molecule has 1 aromatic carbocycles. The van der Waals surface area contributed by atoms with Crippen LogP contribution in [-0.4, -0.2) is 11.0 Å². The van der Waals surface area contributed by atoms with E-state index in [0.717, 1.165) is 12.0 Å². The van der Waals surface area contributed by atoms with E-state index in [1.54, 1.807) is 6.07 Å². The third-order valence-electron chi connectivity index (χ3n) is 2.10. The van der Waals surface area contributed by atoms with Gasteiger partial charge in [-0.05, 0) is 6.92 Å². The van der Waals surface area contributed by atoms with Gasteiger partial charge in [0.15, 0.2) is 0 Å². The minimum Gasteiger partial charge on any atom is -0.483 e. The van der Waals surface area contributed by atoms with Crippen molar-refractivity contribution in [3.05, 3.63) is 33.9 Å². The van der Waals surface area contributed by atoms with Crippen LogP contribution in [0.15, 0.2) is 18.2 Å². The van der Waals surface area contributed by atoms with Gasteiger partial charge in [-0.15, -0.1) is 0 Å². The summed E-state index contributed by atoms with van der Waals surface area (Å²) in [7, 11) is 0. The molecule has 0 aliphatic carbocycles. The third kappa shape index (κ3) is 1.24. The molecule has 0 spiro atoms. The Bertz CT molecular complexity index is 362. The minimum absolute atomic E-state index is 0.0519. The first-order valence-electron chi connectivity index (χ1n) is 4.11. The van der Waals surface area contributed by atoms with Crippen LogP contribution in [0.1, 0.15) is 12.5 Å². The zero-order chi connectivity index (χ0) is 9.42. The number of nitro groups is 1. The summed E-state index contributed by atoms with van der Waals surface area (Å²) in [5.41, 5.74) is 1.00. The molecule has 1 aliphatic rings. The lowest BCUT2D eigenvalue weighted by Crippen LogP contribution is -2.05. The van der Waals surface area contributed by atoms with Gasteiger partial charge in [0.25, 0.3) is 0 Å². The molecule has 0 bridgehead atoms. The number of para-hydroxylation sites is 1. The summed E-state index contributed by atoms with van der Waals surface area (Å²) in [6.07, 6.45) is 0.813. The van der Waals surface area contributed by atoms with Crippen molar-refractivity contribution in [3.63, 3.8) is 0 Å². The van der Waals surface area contributed by atoms with Gasteiger partial charge in [0.05, 0.1) is 4.92 Å². The van der Waals surface area contributed by atoms with E-state index in [-0.39, 0.29) is 11.8 Å². The summed E-state index contributed by atoms with van der Waals surface area (Å²) in [6.45, 7) is 1.91. The van der Waals surface area contributed by atoms with Gasteiger partial charge in [0.2, 0.25) is 5.75 Å². The first kappa shape index (κ1) is 8.04. The third-order valence-corrected chi connectivity index (χ3v) is 2.10. The van der Waals surface area contributed by atoms with Crippen LogP contribution in [0.4, 0.5) is 5.69 Å². The Morgan fingerprint density at radius 1 is 1.62 bits per heavy atom. The highest BCUT2D eigenvalue weighted by Crippen LogP contribution is 2.36. The summed E-state index contributed by atoms with van der Waals surface area (Å²) in [6, 6.07) is 5.03. The number of hydrogen-bond donors (Lipinski definition) is 0. The van der Waals surface area contributed by atoms with Crippen LogP contribution in [0.5, 0.6) is 5.75 Å². The fraction of sp³-hybridized carbons (Fsp3) is 0.333. The van der Waals surface area contributed by atoms with Crippen molar-refractivity contribution in [1.29, 1.82) is 0 Å². The molecule has 1 aromatic rings. The number of rotatable bonds is 1. The summed E-state index contributed by atoms with van der Waals surface area (Å²) in [4.78, 5) is 10.2. The average molecular weight is 179 g/mol. The normalized spacial score (nSPS) is 19.3. The fourth-order valence-corrected chi connectivity index (χ4v) is 1.56. The van der Waals surface area contributed by atoms with Crippen molar-refractivity contribution in [2.24, 2.45) is 0 Å². The highest BCUT2D eigenvalue weighted by atomic mass is 16.6. The molecule has 0 unspecified atom stereocenters. The molecule has 0 radical (unpaired) electrons. The number of nitro benzene ring substituents is 1. The quantitative estimate of drug-likeness (QED) is 0.488. The Labute approximate surface area is 75.3 Å². The molecule has 0 saturated heterocycles. The van der Waals surface area contributed by atoms with Crippen molar-refractivity contribution in [2.45, 2.75) is 19.4 Å². The van der Waals surface area contributed by atoms with Crippen LogP contribution in [0.3, 0.4) is 0 Å². The molecule has 1 aliphatic heterocycles. The van der Waals surface area contributed by atoms with Crippen LogP contribution in [0, 0.1) is 10.1 Å². The Kier molecular flexibility index (Phi) is 1.69. The SMILES string of the molecule is C[C@@H]1Cc2cccc([N+](=O)[O-])c2O1. The zero-order valence-electron chi connectivity index (χ0n) is 7.19. The van der Waals surface area contributed by atoms with E-state index < -0.39 is 4.92 Å². The van der Waals surface area contributed by atoms with Crippen molar-refractivity contribution in [3.8, 4) is 5.75 Å². The number of fused-ring (bicyclic) bond motifs is 1. The molecule has 0 saturated carbocycles. The maximum atomic E-state index is 10.6. The van der Waals surface area contributed by atoms with E-state index in [9.17, 15) is 10.1 Å². The van der Waals surface area contributed by atoms with Gasteiger partial charge in [-0.3, -0.25) is 10.1 Å². The molecule has 68 valence electrons. The molecule has 0 aromatic heterocycles. The fourth-order valence-electron chi connectivity index (χ4n) is 1.56. The number of ether oxygens (including phenoxy) is 1. The van der Waals surface area contributed by atoms with Crippen LogP contribution < -0.4 is 4.74 Å². The first-order chi connectivity index (χ1) is 6.18. The van der Waals surface area contributed by atoms with Crippen molar-refractivity contribution >= 4 is 5.69 Å². The maximum absolute atomic E-state index is 10.6. The molecule has 1 atom stereocenters. The zero-order valence-corrected chi connectivity index (χ0v) is 7.19. The van der Waals surface area contributed by atoms with Crippen molar-refractivity contribution < 1.29 is 9.66 Å². The van der Waals surface area contributed by atoms with Gasteiger partial charge in [-0.25, -0.2) is 0 Å². The number of benzene rings is 1. The van der Waals surface area contributed by atoms with Crippen molar-refractivity contribution in [2.75, 3.05) is 0 Å². The van der Waals surface area contributed by atoms with E-state index in [1.165, 1.54) is 6.07 Å². The Morgan fingerprint density at radius 3 is 3.08 bits per heavy atom. The molecule has 1 heterocycles. The predicted octanol–water partition coefficient (Wildman–Crippen LogP) is 1.92. The number of hydrogen-bond acceptors (Lipinski definition) is 3. The lowest BCUT2D eigenvalue weighted by atomic mass is 10.1. The van der Waals surface area contributed by atoms with E-state index in [0.29, 0.717) is 5.75 Å². The predicted molar refractivity (Wildman–Crippen MR) is 46.9 cm³/mol. The van der Waals surface area contributed by atoms with Gasteiger partial charge >= 0.3 is 5.69 Å².